The maximum atomic E-state index is 13.0. The van der Waals surface area contributed by atoms with E-state index in [4.69, 9.17) is 14.2 Å². The molecule has 0 bridgehead atoms. The van der Waals surface area contributed by atoms with Crippen molar-refractivity contribution in [2.75, 3.05) is 38.2 Å². The Morgan fingerprint density at radius 2 is 1.93 bits per heavy atom. The number of ether oxygens (including phenoxy) is 3. The van der Waals surface area contributed by atoms with Crippen LogP contribution in [-0.2, 0) is 11.3 Å². The molecule has 0 amide bonds. The van der Waals surface area contributed by atoms with Crippen molar-refractivity contribution in [1.29, 1.82) is 5.26 Å². The Morgan fingerprint density at radius 3 is 2.59 bits per heavy atom. The Balaban J connectivity index is 1.03. The third-order valence-electron chi connectivity index (χ3n) is 8.49. The molecule has 3 fully saturated rings. The lowest BCUT2D eigenvalue weighted by molar-refractivity contribution is -0.166. The topological polar surface area (TPSA) is 154 Å². The summed E-state index contributed by atoms with van der Waals surface area (Å²) in [5, 5.41) is 28.0. The summed E-state index contributed by atoms with van der Waals surface area (Å²) in [5.41, 5.74) is 2.17. The number of anilines is 2. The minimum absolute atomic E-state index is 0.0651. The standard InChI is InChI=1S/C29H30F3N11O3/c1-18(10-42-17-36-39-40-42)46-25-4-19(2-3-20(25)7-33)21-8-34-27(35-9-21)37-24-11-43(38-26(24)45-16-29(30,31)32)22-5-28(6-22)14-41(15-28)23-12-44-13-23/h2-4,8-9,11,17-18,22-23H,5-6,10,12-16H2,1H3,(H,34,35,37). The fourth-order valence-electron chi connectivity index (χ4n) is 6.13. The molecule has 0 radical (unpaired) electrons. The number of rotatable bonds is 11. The molecule has 17 heteroatoms. The molecule has 1 atom stereocenters. The molecule has 5 heterocycles. The van der Waals surface area contributed by atoms with Gasteiger partial charge in [-0.05, 0) is 53.3 Å². The van der Waals surface area contributed by atoms with Crippen molar-refractivity contribution >= 4 is 11.6 Å². The minimum atomic E-state index is -4.52. The van der Waals surface area contributed by atoms with E-state index < -0.39 is 12.8 Å². The number of alkyl halides is 3. The number of hydrogen-bond donors (Lipinski definition) is 1. The van der Waals surface area contributed by atoms with Crippen LogP contribution in [-0.4, -0.2) is 96.1 Å². The average molecular weight is 638 g/mol. The molecule has 7 rings (SSSR count). The summed E-state index contributed by atoms with van der Waals surface area (Å²) in [5.74, 6) is 0.367. The highest BCUT2D eigenvalue weighted by Crippen LogP contribution is 2.55. The Labute approximate surface area is 261 Å². The average Bonchev–Trinajstić information content (AvgIpc) is 3.61. The third kappa shape index (κ3) is 6.30. The van der Waals surface area contributed by atoms with Gasteiger partial charge in [0.05, 0.1) is 43.6 Å². The van der Waals surface area contributed by atoms with Gasteiger partial charge in [0.25, 0.3) is 5.88 Å². The van der Waals surface area contributed by atoms with Gasteiger partial charge in [0, 0.05) is 31.0 Å². The molecular formula is C29H30F3N11O3. The molecule has 1 unspecified atom stereocenters. The second-order valence-electron chi connectivity index (χ2n) is 12.1. The zero-order valence-electron chi connectivity index (χ0n) is 24.8. The summed E-state index contributed by atoms with van der Waals surface area (Å²) in [6, 6.07) is 7.82. The predicted octanol–water partition coefficient (Wildman–Crippen LogP) is 3.39. The van der Waals surface area contributed by atoms with Crippen LogP contribution in [0.1, 0.15) is 31.4 Å². The Hall–Kier alpha value is -4.82. The van der Waals surface area contributed by atoms with E-state index in [1.54, 1.807) is 41.5 Å². The highest BCUT2D eigenvalue weighted by Gasteiger charge is 2.55. The first-order chi connectivity index (χ1) is 22.1. The van der Waals surface area contributed by atoms with Gasteiger partial charge in [-0.1, -0.05) is 6.07 Å². The molecule has 1 saturated carbocycles. The number of nitriles is 1. The largest absolute Gasteiger partial charge is 0.487 e. The van der Waals surface area contributed by atoms with Gasteiger partial charge in [-0.2, -0.15) is 18.4 Å². The van der Waals surface area contributed by atoms with Gasteiger partial charge in [0.2, 0.25) is 5.95 Å². The molecule has 240 valence electrons. The smallest absolute Gasteiger partial charge is 0.422 e. The molecule has 2 saturated heterocycles. The van der Waals surface area contributed by atoms with E-state index in [9.17, 15) is 18.4 Å². The van der Waals surface area contributed by atoms with E-state index in [2.05, 4.69) is 46.9 Å². The molecule has 4 aromatic rings. The van der Waals surface area contributed by atoms with Gasteiger partial charge in [-0.25, -0.2) is 14.6 Å². The number of likely N-dealkylation sites (tertiary alicyclic amines) is 1. The van der Waals surface area contributed by atoms with E-state index in [-0.39, 0.29) is 35.1 Å². The van der Waals surface area contributed by atoms with E-state index >= 15 is 0 Å². The lowest BCUT2D eigenvalue weighted by Crippen LogP contribution is -2.68. The van der Waals surface area contributed by atoms with Crippen LogP contribution in [0.5, 0.6) is 11.6 Å². The number of aromatic nitrogens is 8. The molecule has 1 N–H and O–H groups in total. The van der Waals surface area contributed by atoms with E-state index in [1.165, 1.54) is 11.0 Å². The number of tetrazole rings is 1. The molecule has 3 aromatic heterocycles. The number of benzene rings is 1. The number of nitrogens with one attached hydrogen (secondary N) is 1. The van der Waals surface area contributed by atoms with Gasteiger partial charge < -0.3 is 19.5 Å². The second-order valence-corrected chi connectivity index (χ2v) is 12.1. The molecular weight excluding hydrogens is 607 g/mol. The number of nitrogens with zero attached hydrogens (tertiary/aromatic N) is 10. The van der Waals surface area contributed by atoms with Crippen molar-refractivity contribution in [3.63, 3.8) is 0 Å². The minimum Gasteiger partial charge on any atom is -0.487 e. The third-order valence-corrected chi connectivity index (χ3v) is 8.49. The van der Waals surface area contributed by atoms with Gasteiger partial charge in [0.1, 0.15) is 29.9 Å². The molecule has 3 aliphatic rings. The molecule has 1 spiro atoms. The van der Waals surface area contributed by atoms with Crippen LogP contribution in [0, 0.1) is 16.7 Å². The Bertz CT molecular complexity index is 1700. The molecule has 46 heavy (non-hydrogen) atoms. The zero-order valence-corrected chi connectivity index (χ0v) is 24.8. The summed E-state index contributed by atoms with van der Waals surface area (Å²) in [7, 11) is 0. The lowest BCUT2D eigenvalue weighted by Gasteiger charge is -2.61. The fraction of sp³-hybridized carbons (Fsp3) is 0.483. The summed E-state index contributed by atoms with van der Waals surface area (Å²) < 4.78 is 58.6. The monoisotopic (exact) mass is 637 g/mol. The van der Waals surface area contributed by atoms with Crippen LogP contribution >= 0.6 is 0 Å². The fourth-order valence-corrected chi connectivity index (χ4v) is 6.13. The first-order valence-corrected chi connectivity index (χ1v) is 14.8. The van der Waals surface area contributed by atoms with Crippen molar-refractivity contribution in [3.05, 3.63) is 48.7 Å². The van der Waals surface area contributed by atoms with Gasteiger partial charge in [-0.3, -0.25) is 9.58 Å². The molecule has 1 aromatic carbocycles. The first kappa shape index (κ1) is 29.9. The van der Waals surface area contributed by atoms with Crippen LogP contribution in [0.4, 0.5) is 24.8 Å². The Morgan fingerprint density at radius 1 is 1.15 bits per heavy atom. The number of hydrogen-bond acceptors (Lipinski definition) is 12. The van der Waals surface area contributed by atoms with Crippen molar-refractivity contribution < 1.29 is 27.4 Å². The Kier molecular flexibility index (Phi) is 7.69. The normalized spacial score (nSPS) is 18.7. The summed E-state index contributed by atoms with van der Waals surface area (Å²) in [6.45, 7) is 4.33. The zero-order chi connectivity index (χ0) is 31.9. The second kappa shape index (κ2) is 11.8. The number of halogens is 3. The van der Waals surface area contributed by atoms with Crippen LogP contribution < -0.4 is 14.8 Å². The summed E-state index contributed by atoms with van der Waals surface area (Å²) >= 11 is 0. The van der Waals surface area contributed by atoms with Crippen LogP contribution in [0.25, 0.3) is 11.1 Å². The van der Waals surface area contributed by atoms with Gasteiger partial charge in [-0.15, -0.1) is 10.2 Å². The van der Waals surface area contributed by atoms with Crippen LogP contribution in [0.2, 0.25) is 0 Å². The highest BCUT2D eigenvalue weighted by molar-refractivity contribution is 5.67. The van der Waals surface area contributed by atoms with E-state index in [0.717, 1.165) is 39.1 Å². The van der Waals surface area contributed by atoms with Crippen molar-refractivity contribution in [2.45, 2.75) is 50.7 Å². The van der Waals surface area contributed by atoms with Crippen LogP contribution in [0.15, 0.2) is 43.1 Å². The summed E-state index contributed by atoms with van der Waals surface area (Å²) in [6.07, 6.45) is 3.20. The highest BCUT2D eigenvalue weighted by atomic mass is 19.4. The van der Waals surface area contributed by atoms with Crippen molar-refractivity contribution in [1.82, 2.24) is 44.9 Å². The van der Waals surface area contributed by atoms with Crippen molar-refractivity contribution in [2.24, 2.45) is 5.41 Å². The summed E-state index contributed by atoms with van der Waals surface area (Å²) in [4.78, 5) is 11.2. The lowest BCUT2D eigenvalue weighted by atomic mass is 9.60. The SMILES string of the molecule is CC(Cn1cnnn1)Oc1cc(-c2cnc(Nc3cn(C4CC5(C4)CN(C4COC4)C5)nc3OCC(F)(F)F)nc2)ccc1C#N. The van der Waals surface area contributed by atoms with Crippen molar-refractivity contribution in [3.8, 4) is 28.8 Å². The van der Waals surface area contributed by atoms with E-state index in [0.29, 0.717) is 35.0 Å². The van der Waals surface area contributed by atoms with E-state index in [1.807, 2.05) is 6.92 Å². The van der Waals surface area contributed by atoms with Gasteiger partial charge >= 0.3 is 6.18 Å². The quantitative estimate of drug-likeness (QED) is 0.256. The molecule has 14 nitrogen and oxygen atoms in total. The molecule has 2 aliphatic heterocycles. The predicted molar refractivity (Wildman–Crippen MR) is 154 cm³/mol. The van der Waals surface area contributed by atoms with Gasteiger partial charge in [0.15, 0.2) is 6.61 Å². The maximum absolute atomic E-state index is 13.0. The molecule has 1 aliphatic carbocycles. The maximum Gasteiger partial charge on any atom is 0.422 e. The first-order valence-electron chi connectivity index (χ1n) is 14.8. The van der Waals surface area contributed by atoms with Crippen LogP contribution in [0.3, 0.4) is 0 Å².